The number of carbonyl (C=O) groups is 2. The van der Waals surface area contributed by atoms with Gasteiger partial charge in [-0.05, 0) is 30.2 Å². The van der Waals surface area contributed by atoms with Gasteiger partial charge in [0, 0.05) is 51.4 Å². The predicted molar refractivity (Wildman–Crippen MR) is 104 cm³/mol. The minimum atomic E-state index is -1.94. The number of pyridine rings is 1. The second-order valence-corrected chi connectivity index (χ2v) is 7.13. The number of hydrogen-bond donors (Lipinski definition) is 2. The van der Waals surface area contributed by atoms with Crippen molar-refractivity contribution in [2.24, 2.45) is 0 Å². The largest absolute Gasteiger partial charge is 0.349 e. The van der Waals surface area contributed by atoms with Crippen LogP contribution in [0, 0.1) is 6.92 Å². The van der Waals surface area contributed by atoms with E-state index in [4.69, 9.17) is 0 Å². The first-order valence-corrected chi connectivity index (χ1v) is 9.41. The second kappa shape index (κ2) is 8.82. The van der Waals surface area contributed by atoms with Gasteiger partial charge in [0.25, 0.3) is 5.91 Å². The van der Waals surface area contributed by atoms with Gasteiger partial charge in [-0.25, -0.2) is 9.18 Å². The molecule has 0 bridgehead atoms. The van der Waals surface area contributed by atoms with E-state index in [9.17, 15) is 9.59 Å². The van der Waals surface area contributed by atoms with Gasteiger partial charge in [-0.1, -0.05) is 29.8 Å². The monoisotopic (exact) mass is 384 g/mol. The van der Waals surface area contributed by atoms with Crippen molar-refractivity contribution in [3.8, 4) is 0 Å². The van der Waals surface area contributed by atoms with E-state index in [1.165, 1.54) is 0 Å². The lowest BCUT2D eigenvalue weighted by Crippen LogP contribution is -2.53. The van der Waals surface area contributed by atoms with Gasteiger partial charge in [-0.3, -0.25) is 9.78 Å². The predicted octanol–water partition coefficient (Wildman–Crippen LogP) is 2.72. The van der Waals surface area contributed by atoms with Gasteiger partial charge in [0.05, 0.1) is 0 Å². The minimum absolute atomic E-state index is 0.00682. The van der Waals surface area contributed by atoms with Gasteiger partial charge in [0.1, 0.15) is 0 Å². The molecule has 0 aliphatic carbocycles. The van der Waals surface area contributed by atoms with Gasteiger partial charge in [0.15, 0.2) is 5.67 Å². The number of aryl methyl sites for hydroxylation is 1. The quantitative estimate of drug-likeness (QED) is 0.832. The second-order valence-electron chi connectivity index (χ2n) is 7.13. The zero-order valence-electron chi connectivity index (χ0n) is 16.0. The van der Waals surface area contributed by atoms with Crippen molar-refractivity contribution in [2.45, 2.75) is 38.5 Å². The standard InChI is InChI=1S/C21H25FN4O2/c1-16-2-4-17(5-3-16)15-25-20(28)26-12-8-21(22,9-13-26)19(27)24-14-18-6-10-23-11-7-18/h2-7,10-11H,8-9,12-15H2,1H3,(H,24,27)(H,25,28). The molecule has 0 spiro atoms. The Balaban J connectivity index is 1.45. The highest BCUT2D eigenvalue weighted by Crippen LogP contribution is 2.27. The summed E-state index contributed by atoms with van der Waals surface area (Å²) in [6, 6.07) is 11.2. The van der Waals surface area contributed by atoms with E-state index in [-0.39, 0.29) is 38.5 Å². The Morgan fingerprint density at radius 1 is 1.00 bits per heavy atom. The molecule has 0 atom stereocenters. The molecule has 1 fully saturated rings. The molecule has 1 saturated heterocycles. The van der Waals surface area contributed by atoms with Crippen LogP contribution in [0.15, 0.2) is 48.8 Å². The smallest absolute Gasteiger partial charge is 0.317 e. The molecule has 148 valence electrons. The lowest BCUT2D eigenvalue weighted by molar-refractivity contribution is -0.135. The van der Waals surface area contributed by atoms with E-state index in [0.29, 0.717) is 6.54 Å². The molecule has 1 aliphatic heterocycles. The van der Waals surface area contributed by atoms with Crippen LogP contribution in [0.4, 0.5) is 9.18 Å². The Morgan fingerprint density at radius 2 is 1.57 bits per heavy atom. The Labute approximate surface area is 164 Å². The number of aromatic nitrogens is 1. The summed E-state index contributed by atoms with van der Waals surface area (Å²) < 4.78 is 15.0. The number of nitrogens with one attached hydrogen (secondary N) is 2. The van der Waals surface area contributed by atoms with E-state index in [0.717, 1.165) is 16.7 Å². The molecule has 28 heavy (non-hydrogen) atoms. The number of rotatable bonds is 5. The van der Waals surface area contributed by atoms with E-state index >= 15 is 4.39 Å². The van der Waals surface area contributed by atoms with Crippen LogP contribution in [-0.4, -0.2) is 40.6 Å². The van der Waals surface area contributed by atoms with Crippen LogP contribution >= 0.6 is 0 Å². The fourth-order valence-electron chi connectivity index (χ4n) is 3.13. The first kappa shape index (κ1) is 19.8. The van der Waals surface area contributed by atoms with Crippen LogP contribution in [0.2, 0.25) is 0 Å². The SMILES string of the molecule is Cc1ccc(CNC(=O)N2CCC(F)(C(=O)NCc3ccncc3)CC2)cc1. The van der Waals surface area contributed by atoms with Gasteiger partial charge in [-0.2, -0.15) is 0 Å². The average molecular weight is 384 g/mol. The number of benzene rings is 1. The fourth-order valence-corrected chi connectivity index (χ4v) is 3.13. The summed E-state index contributed by atoms with van der Waals surface area (Å²) in [4.78, 5) is 30.1. The molecule has 1 aliphatic rings. The zero-order chi connectivity index (χ0) is 20.0. The Morgan fingerprint density at radius 3 is 2.21 bits per heavy atom. The third-order valence-corrected chi connectivity index (χ3v) is 5.02. The van der Waals surface area contributed by atoms with Crippen molar-refractivity contribution < 1.29 is 14.0 Å². The molecule has 2 heterocycles. The minimum Gasteiger partial charge on any atom is -0.349 e. The van der Waals surface area contributed by atoms with Crippen LogP contribution in [0.25, 0.3) is 0 Å². The van der Waals surface area contributed by atoms with Crippen LogP contribution in [0.3, 0.4) is 0 Å². The maximum Gasteiger partial charge on any atom is 0.317 e. The molecule has 2 N–H and O–H groups in total. The molecule has 0 unspecified atom stereocenters. The molecule has 7 heteroatoms. The number of carbonyl (C=O) groups excluding carboxylic acids is 2. The molecule has 1 aromatic carbocycles. The average Bonchev–Trinajstić information content (AvgIpc) is 2.72. The Bertz CT molecular complexity index is 803. The molecule has 3 rings (SSSR count). The first-order chi connectivity index (χ1) is 13.5. The normalized spacial score (nSPS) is 15.7. The molecule has 0 saturated carbocycles. The van der Waals surface area contributed by atoms with Gasteiger partial charge < -0.3 is 15.5 Å². The molecule has 1 aromatic heterocycles. The summed E-state index contributed by atoms with van der Waals surface area (Å²) in [6.45, 7) is 3.10. The van der Waals surface area contributed by atoms with Crippen molar-refractivity contribution in [3.05, 3.63) is 65.5 Å². The highest BCUT2D eigenvalue weighted by atomic mass is 19.1. The summed E-state index contributed by atoms with van der Waals surface area (Å²) in [7, 11) is 0. The lowest BCUT2D eigenvalue weighted by atomic mass is 9.92. The summed E-state index contributed by atoms with van der Waals surface area (Å²) in [5, 5.41) is 5.49. The van der Waals surface area contributed by atoms with E-state index < -0.39 is 11.6 Å². The lowest BCUT2D eigenvalue weighted by Gasteiger charge is -2.35. The number of urea groups is 1. The summed E-state index contributed by atoms with van der Waals surface area (Å²) >= 11 is 0. The third-order valence-electron chi connectivity index (χ3n) is 5.02. The highest BCUT2D eigenvalue weighted by Gasteiger charge is 2.42. The zero-order valence-corrected chi connectivity index (χ0v) is 16.0. The summed E-state index contributed by atoms with van der Waals surface area (Å²) in [5.41, 5.74) is 1.08. The summed E-state index contributed by atoms with van der Waals surface area (Å²) in [5.74, 6) is -0.621. The maximum atomic E-state index is 15.0. The number of halogens is 1. The molecular formula is C21H25FN4O2. The van der Waals surface area contributed by atoms with Gasteiger partial charge >= 0.3 is 6.03 Å². The number of alkyl halides is 1. The summed E-state index contributed by atoms with van der Waals surface area (Å²) in [6.07, 6.45) is 3.24. The van der Waals surface area contributed by atoms with Crippen LogP contribution in [0.5, 0.6) is 0 Å². The number of nitrogens with zero attached hydrogens (tertiary/aromatic N) is 2. The van der Waals surface area contributed by atoms with Crippen LogP contribution in [0.1, 0.15) is 29.5 Å². The van der Waals surface area contributed by atoms with E-state index in [1.807, 2.05) is 31.2 Å². The van der Waals surface area contributed by atoms with Gasteiger partial charge in [-0.15, -0.1) is 0 Å². The topological polar surface area (TPSA) is 74.3 Å². The van der Waals surface area contributed by atoms with Crippen molar-refractivity contribution in [1.82, 2.24) is 20.5 Å². The Hall–Kier alpha value is -2.96. The third kappa shape index (κ3) is 5.06. The Kier molecular flexibility index (Phi) is 6.23. The molecule has 2 aromatic rings. The number of piperidine rings is 1. The van der Waals surface area contributed by atoms with Crippen molar-refractivity contribution in [2.75, 3.05) is 13.1 Å². The van der Waals surface area contributed by atoms with Gasteiger partial charge in [0.2, 0.25) is 0 Å². The highest BCUT2D eigenvalue weighted by molar-refractivity contribution is 5.85. The van der Waals surface area contributed by atoms with Crippen LogP contribution < -0.4 is 10.6 Å². The molecular weight excluding hydrogens is 359 g/mol. The number of likely N-dealkylation sites (tertiary alicyclic amines) is 1. The molecule has 0 radical (unpaired) electrons. The van der Waals surface area contributed by atoms with Crippen molar-refractivity contribution >= 4 is 11.9 Å². The number of amides is 3. The van der Waals surface area contributed by atoms with Crippen LogP contribution in [-0.2, 0) is 17.9 Å². The fraction of sp³-hybridized carbons (Fsp3) is 0.381. The van der Waals surface area contributed by atoms with Crippen molar-refractivity contribution in [1.29, 1.82) is 0 Å². The van der Waals surface area contributed by atoms with E-state index in [1.54, 1.807) is 29.4 Å². The molecule has 3 amide bonds. The molecule has 6 nitrogen and oxygen atoms in total. The van der Waals surface area contributed by atoms with E-state index in [2.05, 4.69) is 15.6 Å². The maximum absolute atomic E-state index is 15.0. The first-order valence-electron chi connectivity index (χ1n) is 9.41. The number of hydrogen-bond acceptors (Lipinski definition) is 3. The van der Waals surface area contributed by atoms with Crippen molar-refractivity contribution in [3.63, 3.8) is 0 Å².